The first-order valence-corrected chi connectivity index (χ1v) is 9.81. The third-order valence-corrected chi connectivity index (χ3v) is 4.72. The van der Waals surface area contributed by atoms with Gasteiger partial charge in [-0.25, -0.2) is 0 Å². The molecule has 0 heterocycles. The lowest BCUT2D eigenvalue weighted by Crippen LogP contribution is -2.49. The number of amides is 2. The zero-order valence-electron chi connectivity index (χ0n) is 14.6. The number of ether oxygens (including phenoxy) is 1. The molecule has 3 N–H and O–H groups in total. The molecule has 0 saturated carbocycles. The molecule has 0 unspecified atom stereocenters. The van der Waals surface area contributed by atoms with Crippen molar-refractivity contribution in [2.45, 2.75) is 13.8 Å². The van der Waals surface area contributed by atoms with Gasteiger partial charge < -0.3 is 4.74 Å². The molecule has 0 aliphatic rings. The lowest BCUT2D eigenvalue weighted by atomic mass is 10.1. The molecule has 0 saturated heterocycles. The van der Waals surface area contributed by atoms with Crippen LogP contribution in [0, 0.1) is 13.8 Å². The predicted octanol–water partition coefficient (Wildman–Crippen LogP) is 3.54. The summed E-state index contributed by atoms with van der Waals surface area (Å²) in [6.45, 7) is 3.48. The van der Waals surface area contributed by atoms with Gasteiger partial charge in [0.1, 0.15) is 5.75 Å². The first-order valence-electron chi connectivity index (χ1n) is 7.82. The van der Waals surface area contributed by atoms with Crippen molar-refractivity contribution < 1.29 is 14.3 Å². The summed E-state index contributed by atoms with van der Waals surface area (Å²) in [5, 5.41) is 2.49. The van der Waals surface area contributed by atoms with E-state index in [1.807, 2.05) is 38.1 Å². The number of aryl methyl sites for hydroxylation is 2. The van der Waals surface area contributed by atoms with Crippen molar-refractivity contribution in [2.24, 2.45) is 0 Å². The number of carbonyl (C=O) groups is 2. The summed E-state index contributed by atoms with van der Waals surface area (Å²) in [6, 6.07) is 10.8. The van der Waals surface area contributed by atoms with E-state index in [4.69, 9.17) is 17.0 Å². The Hall–Kier alpha value is -1.97. The fraction of sp³-hybridized carbons (Fsp3) is 0.167. The first-order chi connectivity index (χ1) is 12.8. The van der Waals surface area contributed by atoms with Gasteiger partial charge in [0.15, 0.2) is 11.7 Å². The van der Waals surface area contributed by atoms with Gasteiger partial charge >= 0.3 is 0 Å². The molecular weight excluding hydrogens is 498 g/mol. The van der Waals surface area contributed by atoms with Gasteiger partial charge in [0.25, 0.3) is 11.8 Å². The number of hydrazine groups is 1. The molecule has 27 heavy (non-hydrogen) atoms. The zero-order valence-corrected chi connectivity index (χ0v) is 18.5. The number of rotatable bonds is 4. The summed E-state index contributed by atoms with van der Waals surface area (Å²) in [5.74, 6) is -0.231. The van der Waals surface area contributed by atoms with E-state index >= 15 is 0 Å². The summed E-state index contributed by atoms with van der Waals surface area (Å²) < 4.78 is 7.17. The van der Waals surface area contributed by atoms with Crippen molar-refractivity contribution in [3.8, 4) is 5.75 Å². The van der Waals surface area contributed by atoms with Gasteiger partial charge in [0.2, 0.25) is 0 Å². The third-order valence-electron chi connectivity index (χ3n) is 3.47. The molecule has 0 aliphatic carbocycles. The van der Waals surface area contributed by atoms with Crippen LogP contribution in [0.15, 0.2) is 45.3 Å². The number of halogens is 2. The fourth-order valence-corrected chi connectivity index (χ4v) is 3.90. The molecule has 0 spiro atoms. The van der Waals surface area contributed by atoms with Crippen LogP contribution in [0.5, 0.6) is 5.75 Å². The van der Waals surface area contributed by atoms with Crippen LogP contribution in [-0.2, 0) is 4.79 Å². The molecule has 2 amide bonds. The summed E-state index contributed by atoms with van der Waals surface area (Å²) in [7, 11) is 0. The lowest BCUT2D eigenvalue weighted by Gasteiger charge is -2.14. The van der Waals surface area contributed by atoms with Crippen LogP contribution >= 0.6 is 44.1 Å². The Kier molecular flexibility index (Phi) is 7.76. The molecule has 142 valence electrons. The van der Waals surface area contributed by atoms with Crippen molar-refractivity contribution in [1.82, 2.24) is 16.2 Å². The van der Waals surface area contributed by atoms with E-state index in [1.54, 1.807) is 12.1 Å². The van der Waals surface area contributed by atoms with Gasteiger partial charge in [0.05, 0.1) is 4.47 Å². The molecule has 2 aromatic rings. The second-order valence-electron chi connectivity index (χ2n) is 5.59. The maximum atomic E-state index is 12.1. The molecule has 0 aromatic heterocycles. The second-order valence-corrected chi connectivity index (χ2v) is 7.77. The number of hydrogen-bond acceptors (Lipinski definition) is 4. The van der Waals surface area contributed by atoms with Gasteiger partial charge in [-0.05, 0) is 71.3 Å². The third kappa shape index (κ3) is 6.30. The number of benzene rings is 2. The average Bonchev–Trinajstić information content (AvgIpc) is 2.59. The highest BCUT2D eigenvalue weighted by Crippen LogP contribution is 2.32. The highest BCUT2D eigenvalue weighted by atomic mass is 79.9. The molecule has 9 heteroatoms. The van der Waals surface area contributed by atoms with Crippen LogP contribution in [0.3, 0.4) is 0 Å². The van der Waals surface area contributed by atoms with Crippen LogP contribution in [0.25, 0.3) is 0 Å². The Balaban J connectivity index is 1.81. The number of carbonyl (C=O) groups excluding carboxylic acids is 2. The molecule has 2 rings (SSSR count). The Bertz CT molecular complexity index is 867. The Morgan fingerprint density at radius 2 is 1.78 bits per heavy atom. The van der Waals surface area contributed by atoms with Gasteiger partial charge in [-0.3, -0.25) is 25.8 Å². The van der Waals surface area contributed by atoms with E-state index in [2.05, 4.69) is 48.0 Å². The normalized spacial score (nSPS) is 10.1. The Morgan fingerprint density at radius 3 is 2.44 bits per heavy atom. The van der Waals surface area contributed by atoms with E-state index < -0.39 is 5.91 Å². The number of thiocarbonyl (C=S) groups is 1. The van der Waals surface area contributed by atoms with Crippen molar-refractivity contribution in [3.63, 3.8) is 0 Å². The van der Waals surface area contributed by atoms with Crippen molar-refractivity contribution in [3.05, 3.63) is 62.0 Å². The number of hydrogen-bond donors (Lipinski definition) is 3. The standard InChI is InChI=1S/C18H17Br2N3O3S/c1-10-5-3-4-6-13(10)17(25)21-18(27)23-22-15(24)9-26-16-11(2)7-12(19)8-14(16)20/h3-8H,9H2,1-2H3,(H,22,24)(H2,21,23,25,27). The molecular formula is C18H17Br2N3O3S. The minimum Gasteiger partial charge on any atom is -0.482 e. The zero-order chi connectivity index (χ0) is 20.0. The first kappa shape index (κ1) is 21.3. The molecule has 0 atom stereocenters. The molecule has 0 radical (unpaired) electrons. The maximum absolute atomic E-state index is 12.1. The van der Waals surface area contributed by atoms with Crippen molar-refractivity contribution in [2.75, 3.05) is 6.61 Å². The molecule has 0 aliphatic heterocycles. The van der Waals surface area contributed by atoms with Gasteiger partial charge in [-0.15, -0.1) is 0 Å². The van der Waals surface area contributed by atoms with Crippen molar-refractivity contribution in [1.29, 1.82) is 0 Å². The Labute approximate surface area is 179 Å². The summed E-state index contributed by atoms with van der Waals surface area (Å²) >= 11 is 11.8. The van der Waals surface area contributed by atoms with E-state index in [0.29, 0.717) is 11.3 Å². The maximum Gasteiger partial charge on any atom is 0.276 e. The highest BCUT2D eigenvalue weighted by molar-refractivity contribution is 9.11. The van der Waals surface area contributed by atoms with E-state index in [-0.39, 0.29) is 17.6 Å². The van der Waals surface area contributed by atoms with Gasteiger partial charge in [0, 0.05) is 10.0 Å². The van der Waals surface area contributed by atoms with E-state index in [0.717, 1.165) is 20.1 Å². The smallest absolute Gasteiger partial charge is 0.276 e. The highest BCUT2D eigenvalue weighted by Gasteiger charge is 2.12. The predicted molar refractivity (Wildman–Crippen MR) is 115 cm³/mol. The van der Waals surface area contributed by atoms with Crippen LogP contribution < -0.4 is 20.9 Å². The Morgan fingerprint density at radius 1 is 1.07 bits per heavy atom. The van der Waals surface area contributed by atoms with E-state index in [9.17, 15) is 9.59 Å². The van der Waals surface area contributed by atoms with Crippen LogP contribution in [0.2, 0.25) is 0 Å². The molecule has 0 fully saturated rings. The van der Waals surface area contributed by atoms with E-state index in [1.165, 1.54) is 0 Å². The topological polar surface area (TPSA) is 79.5 Å². The van der Waals surface area contributed by atoms with Crippen LogP contribution in [0.1, 0.15) is 21.5 Å². The molecule has 0 bridgehead atoms. The number of nitrogens with one attached hydrogen (secondary N) is 3. The summed E-state index contributed by atoms with van der Waals surface area (Å²) in [6.07, 6.45) is 0. The van der Waals surface area contributed by atoms with Gasteiger partial charge in [-0.1, -0.05) is 34.1 Å². The average molecular weight is 515 g/mol. The lowest BCUT2D eigenvalue weighted by molar-refractivity contribution is -0.123. The minimum atomic E-state index is -0.447. The van der Waals surface area contributed by atoms with Crippen LogP contribution in [0.4, 0.5) is 0 Å². The van der Waals surface area contributed by atoms with Crippen molar-refractivity contribution >= 4 is 61.0 Å². The molecule has 2 aromatic carbocycles. The minimum absolute atomic E-state index is 0.0161. The van der Waals surface area contributed by atoms with Crippen LogP contribution in [-0.4, -0.2) is 23.5 Å². The summed E-state index contributed by atoms with van der Waals surface area (Å²) in [4.78, 5) is 24.1. The second kappa shape index (κ2) is 9.82. The quantitative estimate of drug-likeness (QED) is 0.429. The SMILES string of the molecule is Cc1ccccc1C(=O)NC(=S)NNC(=O)COc1c(C)cc(Br)cc1Br. The molecule has 6 nitrogen and oxygen atoms in total. The fourth-order valence-electron chi connectivity index (χ4n) is 2.20. The van der Waals surface area contributed by atoms with Gasteiger partial charge in [-0.2, -0.15) is 0 Å². The summed E-state index contributed by atoms with van der Waals surface area (Å²) in [5.41, 5.74) is 7.06. The monoisotopic (exact) mass is 513 g/mol. The largest absolute Gasteiger partial charge is 0.482 e.